The molecule has 0 aromatic carbocycles. The van der Waals surface area contributed by atoms with Crippen molar-refractivity contribution < 1.29 is 15.0 Å². The van der Waals surface area contributed by atoms with Gasteiger partial charge in [0.15, 0.2) is 0 Å². The third-order valence-electron chi connectivity index (χ3n) is 1.63. The molecule has 0 radical (unpaired) electrons. The minimum atomic E-state index is -1.08. The van der Waals surface area contributed by atoms with Gasteiger partial charge in [0.05, 0.1) is 12.6 Å². The molecule has 1 heterocycles. The number of carboxylic acid groups (broad SMARTS) is 1. The van der Waals surface area contributed by atoms with Crippen LogP contribution in [0.5, 0.6) is 0 Å². The average molecular weight is 182 g/mol. The number of rotatable bonds is 3. The number of hydrogen-bond acceptors (Lipinski definition) is 4. The standard InChI is InChI=1S/C8H10N2O3/c9-6(4-11)5-1-2-7(8(12)13)10-3-5/h1-3,6,11H,4,9H2,(H,12,13). The highest BCUT2D eigenvalue weighted by Crippen LogP contribution is 2.08. The zero-order chi connectivity index (χ0) is 9.84. The van der Waals surface area contributed by atoms with Gasteiger partial charge in [-0.05, 0) is 11.6 Å². The van der Waals surface area contributed by atoms with Crippen LogP contribution in [0.4, 0.5) is 0 Å². The lowest BCUT2D eigenvalue weighted by Gasteiger charge is -2.06. The number of carbonyl (C=O) groups is 1. The number of hydrogen-bond donors (Lipinski definition) is 3. The first-order valence-electron chi connectivity index (χ1n) is 3.71. The molecule has 1 aromatic heterocycles. The van der Waals surface area contributed by atoms with Gasteiger partial charge in [-0.25, -0.2) is 9.78 Å². The van der Waals surface area contributed by atoms with E-state index >= 15 is 0 Å². The topological polar surface area (TPSA) is 96.4 Å². The minimum absolute atomic E-state index is 0.0334. The van der Waals surface area contributed by atoms with E-state index in [2.05, 4.69) is 4.98 Å². The van der Waals surface area contributed by atoms with Gasteiger partial charge in [-0.15, -0.1) is 0 Å². The summed E-state index contributed by atoms with van der Waals surface area (Å²) >= 11 is 0. The number of nitrogens with two attached hydrogens (primary N) is 1. The predicted molar refractivity (Wildman–Crippen MR) is 45.2 cm³/mol. The maximum atomic E-state index is 10.4. The normalized spacial score (nSPS) is 12.5. The monoisotopic (exact) mass is 182 g/mol. The van der Waals surface area contributed by atoms with E-state index in [1.54, 1.807) is 0 Å². The number of aromatic carboxylic acids is 1. The van der Waals surface area contributed by atoms with Crippen LogP contribution in [0.1, 0.15) is 22.1 Å². The first-order chi connectivity index (χ1) is 6.15. The van der Waals surface area contributed by atoms with Gasteiger partial charge in [0.2, 0.25) is 0 Å². The van der Waals surface area contributed by atoms with Gasteiger partial charge in [-0.3, -0.25) is 0 Å². The Morgan fingerprint density at radius 2 is 2.31 bits per heavy atom. The van der Waals surface area contributed by atoms with E-state index in [0.717, 1.165) is 0 Å². The predicted octanol–water partition coefficient (Wildman–Crippen LogP) is -0.228. The van der Waals surface area contributed by atoms with Gasteiger partial charge in [0.1, 0.15) is 5.69 Å². The fraction of sp³-hybridized carbons (Fsp3) is 0.250. The van der Waals surface area contributed by atoms with Crippen LogP contribution in [0.3, 0.4) is 0 Å². The SMILES string of the molecule is NC(CO)c1ccc(C(=O)O)nc1. The molecule has 4 N–H and O–H groups in total. The van der Waals surface area contributed by atoms with E-state index in [1.807, 2.05) is 0 Å². The van der Waals surface area contributed by atoms with Gasteiger partial charge in [0.25, 0.3) is 0 Å². The summed E-state index contributed by atoms with van der Waals surface area (Å²) in [6.45, 7) is -0.186. The third-order valence-corrected chi connectivity index (χ3v) is 1.63. The van der Waals surface area contributed by atoms with Crippen molar-refractivity contribution in [1.29, 1.82) is 0 Å². The molecule has 1 rings (SSSR count). The second-order valence-corrected chi connectivity index (χ2v) is 2.57. The van der Waals surface area contributed by atoms with Gasteiger partial charge in [-0.2, -0.15) is 0 Å². The van der Waals surface area contributed by atoms with Crippen LogP contribution in [-0.4, -0.2) is 27.8 Å². The average Bonchev–Trinajstić information content (AvgIpc) is 2.17. The second-order valence-electron chi connectivity index (χ2n) is 2.57. The Hall–Kier alpha value is -1.46. The van der Waals surface area contributed by atoms with Crippen molar-refractivity contribution >= 4 is 5.97 Å². The van der Waals surface area contributed by atoms with Crippen LogP contribution in [0.25, 0.3) is 0 Å². The molecule has 0 fully saturated rings. The summed E-state index contributed by atoms with van der Waals surface area (Å²) in [5.74, 6) is -1.08. The molecule has 13 heavy (non-hydrogen) atoms. The molecule has 0 saturated heterocycles. The third kappa shape index (κ3) is 2.24. The Morgan fingerprint density at radius 3 is 2.69 bits per heavy atom. The van der Waals surface area contributed by atoms with Crippen LogP contribution in [0, 0.1) is 0 Å². The van der Waals surface area contributed by atoms with Crippen molar-refractivity contribution in [1.82, 2.24) is 4.98 Å². The number of aliphatic hydroxyl groups excluding tert-OH is 1. The van der Waals surface area contributed by atoms with Crippen molar-refractivity contribution in [2.45, 2.75) is 6.04 Å². The van der Waals surface area contributed by atoms with E-state index in [4.69, 9.17) is 15.9 Å². The van der Waals surface area contributed by atoms with Crippen LogP contribution in [0.15, 0.2) is 18.3 Å². The molecule has 0 aliphatic carbocycles. The van der Waals surface area contributed by atoms with Crippen molar-refractivity contribution in [3.63, 3.8) is 0 Å². The summed E-state index contributed by atoms with van der Waals surface area (Å²) in [6, 6.07) is 2.39. The van der Waals surface area contributed by atoms with E-state index in [1.165, 1.54) is 18.3 Å². The quantitative estimate of drug-likeness (QED) is 0.600. The largest absolute Gasteiger partial charge is 0.477 e. The number of pyridine rings is 1. The molecule has 0 saturated carbocycles. The summed E-state index contributed by atoms with van der Waals surface area (Å²) in [4.78, 5) is 14.1. The fourth-order valence-corrected chi connectivity index (χ4v) is 0.857. The van der Waals surface area contributed by atoms with Crippen molar-refractivity contribution in [3.8, 4) is 0 Å². The highest BCUT2D eigenvalue weighted by Gasteiger charge is 2.07. The summed E-state index contributed by atoms with van der Waals surface area (Å²) in [6.07, 6.45) is 1.35. The Kier molecular flexibility index (Phi) is 2.94. The number of carboxylic acids is 1. The van der Waals surface area contributed by atoms with Crippen molar-refractivity contribution in [2.24, 2.45) is 5.73 Å². The molecule has 0 aliphatic rings. The molecule has 70 valence electrons. The summed E-state index contributed by atoms with van der Waals surface area (Å²) in [5.41, 5.74) is 6.07. The van der Waals surface area contributed by atoms with E-state index in [9.17, 15) is 4.79 Å². The van der Waals surface area contributed by atoms with Crippen molar-refractivity contribution in [3.05, 3.63) is 29.6 Å². The molecule has 5 heteroatoms. The zero-order valence-corrected chi connectivity index (χ0v) is 6.84. The van der Waals surface area contributed by atoms with Gasteiger partial charge in [0, 0.05) is 6.20 Å². The van der Waals surface area contributed by atoms with E-state index in [-0.39, 0.29) is 12.3 Å². The molecular formula is C8H10N2O3. The molecule has 1 unspecified atom stereocenters. The van der Waals surface area contributed by atoms with Crippen LogP contribution < -0.4 is 5.73 Å². The maximum absolute atomic E-state index is 10.4. The lowest BCUT2D eigenvalue weighted by Crippen LogP contribution is -2.15. The van der Waals surface area contributed by atoms with E-state index in [0.29, 0.717) is 5.56 Å². The lowest BCUT2D eigenvalue weighted by molar-refractivity contribution is 0.0690. The number of aromatic nitrogens is 1. The highest BCUT2D eigenvalue weighted by molar-refractivity contribution is 5.85. The summed E-state index contributed by atoms with van der Waals surface area (Å²) < 4.78 is 0. The summed E-state index contributed by atoms with van der Waals surface area (Å²) in [7, 11) is 0. The smallest absolute Gasteiger partial charge is 0.354 e. The Balaban J connectivity index is 2.87. The molecule has 0 aliphatic heterocycles. The molecule has 1 aromatic rings. The molecule has 0 spiro atoms. The molecule has 5 nitrogen and oxygen atoms in total. The number of aliphatic hydroxyl groups is 1. The Morgan fingerprint density at radius 1 is 1.62 bits per heavy atom. The van der Waals surface area contributed by atoms with Crippen molar-refractivity contribution in [2.75, 3.05) is 6.61 Å². The van der Waals surface area contributed by atoms with Gasteiger partial charge >= 0.3 is 5.97 Å². The Labute approximate surface area is 74.8 Å². The summed E-state index contributed by atoms with van der Waals surface area (Å²) in [5, 5.41) is 17.2. The molecule has 0 bridgehead atoms. The molecule has 0 amide bonds. The first kappa shape index (κ1) is 9.63. The highest BCUT2D eigenvalue weighted by atomic mass is 16.4. The lowest BCUT2D eigenvalue weighted by atomic mass is 10.1. The first-order valence-corrected chi connectivity index (χ1v) is 3.71. The minimum Gasteiger partial charge on any atom is -0.477 e. The Bertz CT molecular complexity index is 297. The molecular weight excluding hydrogens is 172 g/mol. The van der Waals surface area contributed by atoms with Crippen LogP contribution in [-0.2, 0) is 0 Å². The fourth-order valence-electron chi connectivity index (χ4n) is 0.857. The van der Waals surface area contributed by atoms with Gasteiger partial charge in [-0.1, -0.05) is 6.07 Å². The van der Waals surface area contributed by atoms with Gasteiger partial charge < -0.3 is 15.9 Å². The zero-order valence-electron chi connectivity index (χ0n) is 6.84. The molecule has 1 atom stereocenters. The maximum Gasteiger partial charge on any atom is 0.354 e. The number of nitrogens with zero attached hydrogens (tertiary/aromatic N) is 1. The van der Waals surface area contributed by atoms with Crippen LogP contribution in [0.2, 0.25) is 0 Å². The van der Waals surface area contributed by atoms with Crippen LogP contribution >= 0.6 is 0 Å². The van der Waals surface area contributed by atoms with E-state index < -0.39 is 12.0 Å². The second kappa shape index (κ2) is 3.97.